The van der Waals surface area contributed by atoms with E-state index in [4.69, 9.17) is 11.6 Å². The highest BCUT2D eigenvalue weighted by Crippen LogP contribution is 2.18. The topological polar surface area (TPSA) is 41.4 Å². The highest BCUT2D eigenvalue weighted by atomic mass is 35.5. The van der Waals surface area contributed by atoms with Crippen LogP contribution < -0.4 is 0 Å². The van der Waals surface area contributed by atoms with Gasteiger partial charge in [-0.1, -0.05) is 11.6 Å². The summed E-state index contributed by atoms with van der Waals surface area (Å²) in [5, 5.41) is 0.366. The van der Waals surface area contributed by atoms with Crippen molar-refractivity contribution in [2.24, 2.45) is 0 Å². The lowest BCUT2D eigenvalue weighted by Crippen LogP contribution is -2.48. The summed E-state index contributed by atoms with van der Waals surface area (Å²) in [6.07, 6.45) is 3.78. The van der Waals surface area contributed by atoms with Crippen LogP contribution in [0.4, 0.5) is 4.39 Å². The predicted octanol–water partition coefficient (Wildman–Crippen LogP) is 2.65. The molecule has 1 aliphatic heterocycles. The summed E-state index contributed by atoms with van der Waals surface area (Å²) in [4.78, 5) is 20.8. The first-order valence-electron chi connectivity index (χ1n) is 8.05. The fourth-order valence-corrected chi connectivity index (χ4v) is 3.09. The van der Waals surface area contributed by atoms with Gasteiger partial charge < -0.3 is 9.47 Å². The van der Waals surface area contributed by atoms with E-state index in [0.29, 0.717) is 18.1 Å². The maximum atomic E-state index is 13.9. The second-order valence-electron chi connectivity index (χ2n) is 5.82. The molecule has 1 saturated heterocycles. The first-order chi connectivity index (χ1) is 11.6. The Morgan fingerprint density at radius 1 is 1.29 bits per heavy atom. The van der Waals surface area contributed by atoms with E-state index >= 15 is 0 Å². The normalized spacial score (nSPS) is 15.7. The van der Waals surface area contributed by atoms with Crippen LogP contribution in [0.15, 0.2) is 30.6 Å². The molecule has 0 spiro atoms. The Kier molecular flexibility index (Phi) is 5.16. The predicted molar refractivity (Wildman–Crippen MR) is 90.5 cm³/mol. The van der Waals surface area contributed by atoms with Crippen LogP contribution in [-0.4, -0.2) is 51.4 Å². The Labute approximate surface area is 145 Å². The van der Waals surface area contributed by atoms with Gasteiger partial charge in [0.15, 0.2) is 0 Å². The lowest BCUT2D eigenvalue weighted by molar-refractivity contribution is 0.0619. The van der Waals surface area contributed by atoms with Crippen LogP contribution in [0, 0.1) is 5.82 Å². The van der Waals surface area contributed by atoms with Crippen LogP contribution >= 0.6 is 11.6 Å². The van der Waals surface area contributed by atoms with Gasteiger partial charge in [-0.3, -0.25) is 9.69 Å². The second kappa shape index (κ2) is 7.32. The van der Waals surface area contributed by atoms with Crippen molar-refractivity contribution in [2.45, 2.75) is 20.0 Å². The molecule has 1 fully saturated rings. The molecule has 0 N–H and O–H groups in total. The van der Waals surface area contributed by atoms with Crippen molar-refractivity contribution in [1.82, 2.24) is 19.4 Å². The maximum absolute atomic E-state index is 13.9. The number of benzene rings is 1. The molecule has 0 unspecified atom stereocenters. The number of carbonyl (C=O) groups excluding carboxylic acids is 1. The summed E-state index contributed by atoms with van der Waals surface area (Å²) in [7, 11) is 0. The number of aromatic nitrogens is 2. The van der Waals surface area contributed by atoms with Gasteiger partial charge in [-0.2, -0.15) is 0 Å². The average Bonchev–Trinajstić information content (AvgIpc) is 3.04. The van der Waals surface area contributed by atoms with Crippen molar-refractivity contribution in [3.8, 4) is 0 Å². The number of aryl methyl sites for hydroxylation is 1. The van der Waals surface area contributed by atoms with Crippen molar-refractivity contribution < 1.29 is 9.18 Å². The SMILES string of the molecule is CCn1ccnc1CN1CCN(C(=O)c2cc(Cl)ccc2F)CC1. The van der Waals surface area contributed by atoms with Gasteiger partial charge in [-0.05, 0) is 25.1 Å². The molecule has 0 bridgehead atoms. The number of hydrogen-bond donors (Lipinski definition) is 0. The molecule has 24 heavy (non-hydrogen) atoms. The Morgan fingerprint density at radius 3 is 2.75 bits per heavy atom. The minimum atomic E-state index is -0.531. The van der Waals surface area contributed by atoms with Gasteiger partial charge in [-0.25, -0.2) is 9.37 Å². The lowest BCUT2D eigenvalue weighted by atomic mass is 10.1. The Bertz CT molecular complexity index is 725. The van der Waals surface area contributed by atoms with E-state index < -0.39 is 5.82 Å². The molecule has 1 aliphatic rings. The van der Waals surface area contributed by atoms with Gasteiger partial charge in [0, 0.05) is 50.1 Å². The fraction of sp³-hybridized carbons (Fsp3) is 0.412. The van der Waals surface area contributed by atoms with Crippen molar-refractivity contribution in [3.05, 3.63) is 52.8 Å². The van der Waals surface area contributed by atoms with Gasteiger partial charge in [0.1, 0.15) is 11.6 Å². The van der Waals surface area contributed by atoms with Crippen LogP contribution in [0.3, 0.4) is 0 Å². The smallest absolute Gasteiger partial charge is 0.256 e. The number of imidazole rings is 1. The van der Waals surface area contributed by atoms with Gasteiger partial charge in [0.25, 0.3) is 5.91 Å². The molecular weight excluding hydrogens is 331 g/mol. The fourth-order valence-electron chi connectivity index (χ4n) is 2.92. The molecule has 5 nitrogen and oxygen atoms in total. The average molecular weight is 351 g/mol. The third-order valence-electron chi connectivity index (χ3n) is 4.33. The van der Waals surface area contributed by atoms with Gasteiger partial charge >= 0.3 is 0 Å². The quantitative estimate of drug-likeness (QED) is 0.851. The first-order valence-corrected chi connectivity index (χ1v) is 8.43. The second-order valence-corrected chi connectivity index (χ2v) is 6.26. The zero-order valence-electron chi connectivity index (χ0n) is 13.6. The van der Waals surface area contributed by atoms with Crippen LogP contribution in [0.25, 0.3) is 0 Å². The highest BCUT2D eigenvalue weighted by Gasteiger charge is 2.24. The van der Waals surface area contributed by atoms with Crippen LogP contribution in [0.5, 0.6) is 0 Å². The molecule has 3 rings (SSSR count). The summed E-state index contributed by atoms with van der Waals surface area (Å²) in [5.74, 6) is 0.194. The van der Waals surface area contributed by atoms with Crippen molar-refractivity contribution >= 4 is 17.5 Å². The molecule has 7 heteroatoms. The molecule has 0 saturated carbocycles. The van der Waals surface area contributed by atoms with E-state index in [9.17, 15) is 9.18 Å². The third-order valence-corrected chi connectivity index (χ3v) is 4.56. The van der Waals surface area contributed by atoms with Gasteiger partial charge in [0.2, 0.25) is 0 Å². The van der Waals surface area contributed by atoms with E-state index in [0.717, 1.165) is 32.0 Å². The van der Waals surface area contributed by atoms with E-state index in [1.807, 2.05) is 6.20 Å². The van der Waals surface area contributed by atoms with Crippen LogP contribution in [-0.2, 0) is 13.1 Å². The number of halogens is 2. The Hall–Kier alpha value is -1.92. The van der Waals surface area contributed by atoms with Crippen molar-refractivity contribution in [1.29, 1.82) is 0 Å². The molecule has 2 heterocycles. The maximum Gasteiger partial charge on any atom is 0.256 e. The molecule has 2 aromatic rings. The lowest BCUT2D eigenvalue weighted by Gasteiger charge is -2.34. The van der Waals surface area contributed by atoms with Crippen LogP contribution in [0.2, 0.25) is 5.02 Å². The molecule has 0 aliphatic carbocycles. The number of rotatable bonds is 4. The first kappa shape index (κ1) is 16.9. The van der Waals surface area contributed by atoms with Crippen molar-refractivity contribution in [3.63, 3.8) is 0 Å². The largest absolute Gasteiger partial charge is 0.336 e. The molecule has 1 aromatic carbocycles. The third kappa shape index (κ3) is 3.60. The number of piperazine rings is 1. The van der Waals surface area contributed by atoms with E-state index in [1.165, 1.54) is 18.2 Å². The Balaban J connectivity index is 1.60. The van der Waals surface area contributed by atoms with Crippen LogP contribution in [0.1, 0.15) is 23.1 Å². The molecule has 0 radical (unpaired) electrons. The van der Waals surface area contributed by atoms with Gasteiger partial charge in [0.05, 0.1) is 12.1 Å². The molecule has 128 valence electrons. The molecule has 1 amide bonds. The minimum Gasteiger partial charge on any atom is -0.336 e. The summed E-state index contributed by atoms with van der Waals surface area (Å²) >= 11 is 5.88. The number of nitrogens with zero attached hydrogens (tertiary/aromatic N) is 4. The van der Waals surface area contributed by atoms with Gasteiger partial charge in [-0.15, -0.1) is 0 Å². The number of hydrogen-bond acceptors (Lipinski definition) is 3. The minimum absolute atomic E-state index is 0.0393. The number of amides is 1. The standard InChI is InChI=1S/C17H20ClFN4O/c1-2-22-6-5-20-16(22)12-21-7-9-23(10-8-21)17(24)14-11-13(18)3-4-15(14)19/h3-6,11H,2,7-10,12H2,1H3. The highest BCUT2D eigenvalue weighted by molar-refractivity contribution is 6.31. The molecular formula is C17H20ClFN4O. The monoisotopic (exact) mass is 350 g/mol. The summed E-state index contributed by atoms with van der Waals surface area (Å²) in [6, 6.07) is 4.07. The summed E-state index contributed by atoms with van der Waals surface area (Å²) < 4.78 is 16.0. The zero-order valence-corrected chi connectivity index (χ0v) is 14.3. The van der Waals surface area contributed by atoms with E-state index in [1.54, 1.807) is 11.1 Å². The number of carbonyl (C=O) groups is 1. The molecule has 0 atom stereocenters. The van der Waals surface area contributed by atoms with E-state index in [-0.39, 0.29) is 11.5 Å². The summed E-state index contributed by atoms with van der Waals surface area (Å²) in [5.41, 5.74) is 0.0393. The van der Waals surface area contributed by atoms with E-state index in [2.05, 4.69) is 21.4 Å². The zero-order chi connectivity index (χ0) is 17.1. The molecule has 1 aromatic heterocycles. The Morgan fingerprint density at radius 2 is 2.04 bits per heavy atom. The summed E-state index contributed by atoms with van der Waals surface area (Å²) in [6.45, 7) is 6.35. The van der Waals surface area contributed by atoms with Crippen molar-refractivity contribution in [2.75, 3.05) is 26.2 Å².